The van der Waals surface area contributed by atoms with Gasteiger partial charge in [0.25, 0.3) is 23.6 Å². The Bertz CT molecular complexity index is 3430. The maximum absolute atomic E-state index is 14.1. The molecule has 14 heteroatoms. The van der Waals surface area contributed by atoms with Crippen molar-refractivity contribution in [3.63, 3.8) is 0 Å². The molecule has 0 fully saturated rings. The number of fused-ring (bicyclic) bond motifs is 13. The number of pyridine rings is 2. The van der Waals surface area contributed by atoms with E-state index < -0.39 is 48.4 Å². The zero-order chi connectivity index (χ0) is 50.6. The molecule has 1 aliphatic rings. The van der Waals surface area contributed by atoms with E-state index in [0.29, 0.717) is 33.8 Å². The predicted molar refractivity (Wildman–Crippen MR) is 282 cm³/mol. The van der Waals surface area contributed by atoms with Crippen molar-refractivity contribution in [1.29, 1.82) is 0 Å². The van der Waals surface area contributed by atoms with Crippen molar-refractivity contribution in [3.05, 3.63) is 193 Å². The molecule has 2 aromatic heterocycles. The summed E-state index contributed by atoms with van der Waals surface area (Å²) in [7, 11) is 0. The summed E-state index contributed by atoms with van der Waals surface area (Å²) in [6.07, 6.45) is 0. The van der Waals surface area contributed by atoms with Gasteiger partial charge in [-0.1, -0.05) is 121 Å². The van der Waals surface area contributed by atoms with E-state index in [1.54, 1.807) is 45.0 Å². The van der Waals surface area contributed by atoms with Gasteiger partial charge in [0.1, 0.15) is 40.4 Å². The molecule has 0 saturated carbocycles. The molecular weight excluding hydrogens is 921 g/mol. The smallest absolute Gasteiger partial charge is 0.338 e. The third kappa shape index (κ3) is 10.4. The van der Waals surface area contributed by atoms with Crippen LogP contribution in [0, 0.1) is 0 Å². The average Bonchev–Trinajstić information content (AvgIpc) is 3.38. The first kappa shape index (κ1) is 47.0. The third-order valence-corrected chi connectivity index (χ3v) is 11.7. The number of aromatic nitrogens is 2. The van der Waals surface area contributed by atoms with Crippen LogP contribution in [0.25, 0.3) is 54.9 Å². The first-order chi connectivity index (χ1) is 35.3. The van der Waals surface area contributed by atoms with Gasteiger partial charge in [-0.3, -0.25) is 19.2 Å². The van der Waals surface area contributed by atoms with Crippen LogP contribution >= 0.6 is 0 Å². The van der Waals surface area contributed by atoms with Gasteiger partial charge < -0.3 is 35.5 Å². The van der Waals surface area contributed by atoms with Crippen molar-refractivity contribution >= 4 is 74.4 Å². The number of nitrogens with zero attached hydrogens (tertiary/aromatic N) is 2. The van der Waals surface area contributed by atoms with Gasteiger partial charge in [-0.25, -0.2) is 14.8 Å². The highest BCUT2D eigenvalue weighted by Gasteiger charge is 2.28. The summed E-state index contributed by atoms with van der Waals surface area (Å²) in [5.74, 6) is -2.24. The van der Waals surface area contributed by atoms with E-state index in [-0.39, 0.29) is 40.0 Å². The summed E-state index contributed by atoms with van der Waals surface area (Å²) in [4.78, 5) is 78.6. The molecule has 3 heterocycles. The number of hydrogen-bond donors (Lipinski definition) is 4. The van der Waals surface area contributed by atoms with Crippen molar-refractivity contribution in [2.75, 3.05) is 34.5 Å². The Morgan fingerprint density at radius 1 is 0.466 bits per heavy atom. The molecular formula is C59H46N6O8. The molecule has 0 aliphatic carbocycles. The molecule has 4 N–H and O–H groups in total. The Kier molecular flexibility index (Phi) is 12.9. The number of hydrogen-bond acceptors (Lipinski definition) is 10. The second-order valence-corrected chi connectivity index (χ2v) is 18.1. The summed E-state index contributed by atoms with van der Waals surface area (Å²) >= 11 is 0. The lowest BCUT2D eigenvalue weighted by atomic mass is 9.86. The summed E-state index contributed by atoms with van der Waals surface area (Å²) in [6.45, 7) is 4.13. The van der Waals surface area contributed by atoms with Crippen LogP contribution < -0.4 is 30.7 Å². The Balaban J connectivity index is 1.15. The molecule has 0 unspecified atom stereocenters. The van der Waals surface area contributed by atoms with E-state index in [1.807, 2.05) is 121 Å². The molecule has 360 valence electrons. The van der Waals surface area contributed by atoms with E-state index in [9.17, 15) is 24.0 Å². The number of benzene rings is 7. The molecule has 0 saturated heterocycles. The fourth-order valence-corrected chi connectivity index (χ4v) is 8.62. The molecule has 14 nitrogen and oxygen atoms in total. The highest BCUT2D eigenvalue weighted by atomic mass is 16.6. The Morgan fingerprint density at radius 3 is 1.29 bits per heavy atom. The highest BCUT2D eigenvalue weighted by Crippen LogP contribution is 2.52. The lowest BCUT2D eigenvalue weighted by Crippen LogP contribution is -2.25. The normalized spacial score (nSPS) is 13.3. The van der Waals surface area contributed by atoms with E-state index in [4.69, 9.17) is 14.2 Å². The van der Waals surface area contributed by atoms with Gasteiger partial charge >= 0.3 is 5.97 Å². The topological polar surface area (TPSA) is 187 Å². The van der Waals surface area contributed by atoms with Crippen LogP contribution in [-0.2, 0) is 14.3 Å². The number of rotatable bonds is 3. The number of nitrogens with one attached hydrogen (secondary N) is 4. The summed E-state index contributed by atoms with van der Waals surface area (Å²) in [5, 5.41) is 14.4. The van der Waals surface area contributed by atoms with E-state index in [0.717, 1.165) is 32.7 Å². The monoisotopic (exact) mass is 966 g/mol. The lowest BCUT2D eigenvalue weighted by molar-refractivity contribution is -0.118. The van der Waals surface area contributed by atoms with Gasteiger partial charge in [-0.05, 0) is 108 Å². The van der Waals surface area contributed by atoms with Crippen LogP contribution in [0.5, 0.6) is 11.5 Å². The molecule has 0 atom stereocenters. The van der Waals surface area contributed by atoms with Gasteiger partial charge in [0.2, 0.25) is 0 Å². The van der Waals surface area contributed by atoms with E-state index in [1.165, 1.54) is 30.3 Å². The van der Waals surface area contributed by atoms with Crippen LogP contribution in [-0.4, -0.2) is 58.4 Å². The fourth-order valence-electron chi connectivity index (χ4n) is 8.62. The van der Waals surface area contributed by atoms with E-state index >= 15 is 0 Å². The second kappa shape index (κ2) is 20.0. The van der Waals surface area contributed by atoms with Crippen molar-refractivity contribution in [2.24, 2.45) is 0 Å². The van der Waals surface area contributed by atoms with Crippen molar-refractivity contribution < 1.29 is 38.2 Å². The summed E-state index contributed by atoms with van der Waals surface area (Å²) in [5.41, 5.74) is 3.16. The van der Waals surface area contributed by atoms with Crippen LogP contribution in [0.1, 0.15) is 51.8 Å². The second-order valence-electron chi connectivity index (χ2n) is 18.1. The Hall–Kier alpha value is -9.69. The molecule has 9 aromatic rings. The number of carbonyl (C=O) groups is 5. The molecule has 7 aromatic carbocycles. The molecule has 73 heavy (non-hydrogen) atoms. The molecule has 1 aliphatic heterocycles. The molecule has 0 spiro atoms. The minimum Gasteiger partial charge on any atom is -0.482 e. The number of ether oxygens (including phenoxy) is 3. The number of carbonyl (C=O) groups excluding carboxylic acids is 5. The van der Waals surface area contributed by atoms with Crippen LogP contribution in [0.4, 0.5) is 23.3 Å². The predicted octanol–water partition coefficient (Wildman–Crippen LogP) is 11.6. The van der Waals surface area contributed by atoms with Gasteiger partial charge in [-0.15, -0.1) is 0 Å². The summed E-state index contributed by atoms with van der Waals surface area (Å²) < 4.78 is 19.2. The van der Waals surface area contributed by atoms with Crippen LogP contribution in [0.15, 0.2) is 176 Å². The van der Waals surface area contributed by atoms with Gasteiger partial charge in [0, 0.05) is 33.4 Å². The minimum absolute atomic E-state index is 0.0619. The van der Waals surface area contributed by atoms with Gasteiger partial charge in [0.05, 0.1) is 5.56 Å². The Labute approximate surface area is 419 Å². The standard InChI is InChI=1S/C59H46N6O8/c1-59(2,3)73-58(70)41-29-39-28-40(30-41)57(69)65-49-27-15-25-47(61-49)63-51(67)34-72-55-45(36-18-8-5-9-19-36)32-38-21-11-13-23-43(38)53(55)52-42-22-12-10-20-37(42)31-44(35-16-6-4-7-17-35)54(52)71-33-50(66)62-46-24-14-26-48(60-46)64-56(39)68/h4-32H,33-34H2,1-3H3,(H2,60,62,64,66,68)(H2,61,63,65,67,69). The number of anilines is 4. The third-order valence-electron chi connectivity index (χ3n) is 11.7. The van der Waals surface area contributed by atoms with Crippen molar-refractivity contribution in [2.45, 2.75) is 26.4 Å². The van der Waals surface area contributed by atoms with Crippen molar-refractivity contribution in [1.82, 2.24) is 9.97 Å². The SMILES string of the molecule is CC(C)(C)OC(=O)c1cc2cc(c1)C(=O)Nc1cccc(n1)NC(=O)COc1c(-c3ccccc3)cc3ccccc3c1-c1c(c(-c3ccccc3)cc3ccccc13)OCC(=O)Nc1cccc(n1)NC2=O. The average molecular weight is 967 g/mol. The lowest BCUT2D eigenvalue weighted by Gasteiger charge is -2.24. The fraction of sp³-hybridized carbons (Fsp3) is 0.102. The summed E-state index contributed by atoms with van der Waals surface area (Å²) in [6, 6.07) is 52.5. The van der Waals surface area contributed by atoms with Crippen molar-refractivity contribution in [3.8, 4) is 44.9 Å². The molecule has 6 bridgehead atoms. The molecule has 4 amide bonds. The zero-order valence-corrected chi connectivity index (χ0v) is 39.8. The molecule has 0 radical (unpaired) electrons. The molecule has 10 rings (SSSR count). The first-order valence-electron chi connectivity index (χ1n) is 23.4. The highest BCUT2D eigenvalue weighted by molar-refractivity contribution is 6.15. The van der Waals surface area contributed by atoms with Crippen LogP contribution in [0.3, 0.4) is 0 Å². The Morgan fingerprint density at radius 2 is 0.863 bits per heavy atom. The number of amides is 4. The maximum Gasteiger partial charge on any atom is 0.338 e. The number of esters is 1. The first-order valence-corrected chi connectivity index (χ1v) is 23.4. The van der Waals surface area contributed by atoms with Gasteiger partial charge in [0.15, 0.2) is 13.2 Å². The zero-order valence-electron chi connectivity index (χ0n) is 39.8. The largest absolute Gasteiger partial charge is 0.482 e. The maximum atomic E-state index is 14.1. The van der Waals surface area contributed by atoms with E-state index in [2.05, 4.69) is 31.2 Å². The quantitative estimate of drug-likeness (QED) is 0.124. The van der Waals surface area contributed by atoms with Gasteiger partial charge in [-0.2, -0.15) is 0 Å². The van der Waals surface area contributed by atoms with Crippen LogP contribution in [0.2, 0.25) is 0 Å². The minimum atomic E-state index is -0.890.